The Morgan fingerprint density at radius 3 is 2.62 bits per heavy atom. The predicted octanol–water partition coefficient (Wildman–Crippen LogP) is 5.83. The number of amides is 1. The lowest BCUT2D eigenvalue weighted by Crippen LogP contribution is -2.37. The summed E-state index contributed by atoms with van der Waals surface area (Å²) in [5.41, 5.74) is 2.63. The number of hydrogen-bond acceptors (Lipinski definition) is 6. The molecule has 3 aromatic carbocycles. The van der Waals surface area contributed by atoms with Gasteiger partial charge in [-0.3, -0.25) is 14.8 Å². The molecule has 7 nitrogen and oxygen atoms in total. The lowest BCUT2D eigenvalue weighted by atomic mass is 9.98. The van der Waals surface area contributed by atoms with Gasteiger partial charge >= 0.3 is 0 Å². The van der Waals surface area contributed by atoms with Crippen molar-refractivity contribution in [1.82, 2.24) is 9.97 Å². The monoisotopic (exact) mass is 526 g/mol. The van der Waals surface area contributed by atoms with Gasteiger partial charge in [-0.25, -0.2) is 8.78 Å². The third kappa shape index (κ3) is 4.40. The molecule has 0 spiro atoms. The maximum Gasteiger partial charge on any atom is 0.256 e. The van der Waals surface area contributed by atoms with Crippen LogP contribution in [-0.4, -0.2) is 49.3 Å². The summed E-state index contributed by atoms with van der Waals surface area (Å²) < 4.78 is 41.3. The third-order valence-electron chi connectivity index (χ3n) is 6.88. The zero-order chi connectivity index (χ0) is 26.9. The van der Waals surface area contributed by atoms with E-state index < -0.39 is 11.6 Å². The number of carbonyl (C=O) groups is 1. The Kier molecular flexibility index (Phi) is 6.50. The van der Waals surface area contributed by atoms with Crippen molar-refractivity contribution in [2.75, 3.05) is 43.6 Å². The van der Waals surface area contributed by atoms with Crippen LogP contribution in [0.25, 0.3) is 32.9 Å². The van der Waals surface area contributed by atoms with E-state index >= 15 is 8.78 Å². The van der Waals surface area contributed by atoms with Gasteiger partial charge in [0.2, 0.25) is 0 Å². The zero-order valence-electron chi connectivity index (χ0n) is 21.1. The van der Waals surface area contributed by atoms with Gasteiger partial charge in [-0.1, -0.05) is 30.3 Å². The molecule has 1 saturated heterocycles. The van der Waals surface area contributed by atoms with Crippen molar-refractivity contribution in [3.8, 4) is 16.9 Å². The number of pyridine rings is 2. The van der Waals surface area contributed by atoms with E-state index in [1.165, 1.54) is 31.5 Å². The van der Waals surface area contributed by atoms with Crippen molar-refractivity contribution in [2.45, 2.75) is 0 Å². The summed E-state index contributed by atoms with van der Waals surface area (Å²) in [6.45, 7) is 2.09. The number of halogens is 2. The van der Waals surface area contributed by atoms with Gasteiger partial charge in [-0.15, -0.1) is 0 Å². The summed E-state index contributed by atoms with van der Waals surface area (Å²) in [7, 11) is 1.36. The molecule has 1 N–H and O–H groups in total. The number of carbonyl (C=O) groups excluding carboxylic acids is 1. The first kappa shape index (κ1) is 24.7. The van der Waals surface area contributed by atoms with E-state index in [0.29, 0.717) is 54.1 Å². The van der Waals surface area contributed by atoms with Crippen molar-refractivity contribution in [3.05, 3.63) is 90.3 Å². The molecule has 1 amide bonds. The molecule has 9 heteroatoms. The highest BCUT2D eigenvalue weighted by Crippen LogP contribution is 2.41. The Balaban J connectivity index is 1.52. The number of anilines is 2. The van der Waals surface area contributed by atoms with Crippen LogP contribution >= 0.6 is 0 Å². The summed E-state index contributed by atoms with van der Waals surface area (Å²) in [5, 5.41) is 4.31. The number of para-hydroxylation sites is 1. The fourth-order valence-electron chi connectivity index (χ4n) is 5.05. The maximum atomic E-state index is 15.3. The number of aromatic nitrogens is 2. The molecule has 2 aromatic heterocycles. The van der Waals surface area contributed by atoms with E-state index in [4.69, 9.17) is 9.47 Å². The van der Waals surface area contributed by atoms with Crippen LogP contribution in [0.2, 0.25) is 0 Å². The number of benzene rings is 3. The number of hydrogen-bond donors (Lipinski definition) is 1. The van der Waals surface area contributed by atoms with Gasteiger partial charge in [-0.2, -0.15) is 0 Å². The molecule has 5 aromatic rings. The highest BCUT2D eigenvalue weighted by molar-refractivity contribution is 6.15. The predicted molar refractivity (Wildman–Crippen MR) is 146 cm³/mol. The second kappa shape index (κ2) is 10.3. The second-order valence-corrected chi connectivity index (χ2v) is 9.09. The quantitative estimate of drug-likeness (QED) is 0.311. The molecule has 196 valence electrons. The average Bonchev–Trinajstić information content (AvgIpc) is 2.97. The molecular weight excluding hydrogens is 502 g/mol. The number of methoxy groups -OCH3 is 1. The Bertz CT molecular complexity index is 1720. The summed E-state index contributed by atoms with van der Waals surface area (Å²) in [6.07, 6.45) is 3.09. The number of ether oxygens (including phenoxy) is 2. The smallest absolute Gasteiger partial charge is 0.256 e. The molecule has 0 atom stereocenters. The summed E-state index contributed by atoms with van der Waals surface area (Å²) >= 11 is 0. The summed E-state index contributed by atoms with van der Waals surface area (Å²) in [5.74, 6) is -1.62. The topological polar surface area (TPSA) is 76.6 Å². The van der Waals surface area contributed by atoms with Crippen LogP contribution in [0.5, 0.6) is 5.75 Å². The van der Waals surface area contributed by atoms with E-state index in [1.807, 2.05) is 24.3 Å². The van der Waals surface area contributed by atoms with E-state index in [1.54, 1.807) is 24.4 Å². The highest BCUT2D eigenvalue weighted by Gasteiger charge is 2.25. The molecular formula is C30H24F2N4O3. The van der Waals surface area contributed by atoms with Crippen LogP contribution in [0.15, 0.2) is 73.1 Å². The minimum atomic E-state index is -0.678. The van der Waals surface area contributed by atoms with E-state index in [-0.39, 0.29) is 28.3 Å². The summed E-state index contributed by atoms with van der Waals surface area (Å²) in [4.78, 5) is 24.5. The molecule has 0 unspecified atom stereocenters. The molecule has 39 heavy (non-hydrogen) atoms. The fraction of sp³-hybridized carbons (Fsp3) is 0.167. The van der Waals surface area contributed by atoms with Crippen molar-refractivity contribution in [3.63, 3.8) is 0 Å². The van der Waals surface area contributed by atoms with Crippen molar-refractivity contribution in [2.24, 2.45) is 0 Å². The molecule has 1 aliphatic rings. The van der Waals surface area contributed by atoms with Crippen LogP contribution in [0.1, 0.15) is 10.4 Å². The van der Waals surface area contributed by atoms with Gasteiger partial charge in [0, 0.05) is 41.2 Å². The van der Waals surface area contributed by atoms with E-state index in [0.717, 1.165) is 5.39 Å². The normalized spacial score (nSPS) is 13.6. The first-order valence-electron chi connectivity index (χ1n) is 12.5. The Morgan fingerprint density at radius 2 is 1.79 bits per heavy atom. The Morgan fingerprint density at radius 1 is 0.974 bits per heavy atom. The minimum Gasteiger partial charge on any atom is -0.494 e. The van der Waals surface area contributed by atoms with E-state index in [9.17, 15) is 4.79 Å². The number of fused-ring (bicyclic) bond motifs is 2. The lowest BCUT2D eigenvalue weighted by Gasteiger charge is -2.31. The minimum absolute atomic E-state index is 0.00534. The maximum absolute atomic E-state index is 15.3. The molecule has 1 aliphatic heterocycles. The van der Waals surface area contributed by atoms with Crippen LogP contribution in [0, 0.1) is 11.6 Å². The molecule has 0 aliphatic carbocycles. The number of morpholine rings is 1. The van der Waals surface area contributed by atoms with Crippen molar-refractivity contribution < 1.29 is 23.0 Å². The molecule has 3 heterocycles. The third-order valence-corrected chi connectivity index (χ3v) is 6.88. The fourth-order valence-corrected chi connectivity index (χ4v) is 5.05. The van der Waals surface area contributed by atoms with E-state index in [2.05, 4.69) is 20.2 Å². The zero-order valence-corrected chi connectivity index (χ0v) is 21.1. The molecule has 1 fully saturated rings. The van der Waals surface area contributed by atoms with Gasteiger partial charge in [0.25, 0.3) is 5.91 Å². The number of nitrogens with one attached hydrogen (secondary N) is 1. The first-order valence-corrected chi connectivity index (χ1v) is 12.5. The average molecular weight is 527 g/mol. The summed E-state index contributed by atoms with van der Waals surface area (Å²) in [6, 6.07) is 16.6. The molecule has 6 rings (SSSR count). The molecule has 0 saturated carbocycles. The van der Waals surface area contributed by atoms with Crippen molar-refractivity contribution in [1.29, 1.82) is 0 Å². The Hall–Kier alpha value is -4.63. The second-order valence-electron chi connectivity index (χ2n) is 9.09. The van der Waals surface area contributed by atoms with Gasteiger partial charge in [0.05, 0.1) is 54.5 Å². The van der Waals surface area contributed by atoms with Gasteiger partial charge in [0.15, 0.2) is 11.6 Å². The molecule has 0 radical (unpaired) electrons. The van der Waals surface area contributed by atoms with Gasteiger partial charge in [-0.05, 0) is 30.3 Å². The van der Waals surface area contributed by atoms with Crippen LogP contribution in [-0.2, 0) is 4.74 Å². The number of nitrogens with zero attached hydrogens (tertiary/aromatic N) is 3. The largest absolute Gasteiger partial charge is 0.494 e. The van der Waals surface area contributed by atoms with Crippen molar-refractivity contribution >= 4 is 39.1 Å². The highest BCUT2D eigenvalue weighted by atomic mass is 19.1. The SMILES string of the molecule is COc1cccc(-c2c(F)ccc3c(N4CCOCC4)c(NC(=O)c4ccnc5ccccc45)cnc23)c1F. The number of rotatable bonds is 5. The van der Waals surface area contributed by atoms with Crippen LogP contribution < -0.4 is 15.0 Å². The first-order chi connectivity index (χ1) is 19.1. The van der Waals surface area contributed by atoms with Crippen LogP contribution in [0.3, 0.4) is 0 Å². The lowest BCUT2D eigenvalue weighted by molar-refractivity contribution is 0.102. The molecule has 0 bridgehead atoms. The van der Waals surface area contributed by atoms with Gasteiger partial charge < -0.3 is 19.7 Å². The Labute approximate surface area is 223 Å². The van der Waals surface area contributed by atoms with Crippen LogP contribution in [0.4, 0.5) is 20.2 Å². The standard InChI is InChI=1S/C30H24F2N4O3/c1-38-25-8-4-6-20(27(25)32)26-22(31)10-9-21-28(26)34-17-24(29(21)36-13-15-39-16-14-36)35-30(37)19-11-12-33-23-7-3-2-5-18(19)23/h2-12,17H,13-16H2,1H3,(H,35,37). The van der Waals surface area contributed by atoms with Gasteiger partial charge in [0.1, 0.15) is 5.82 Å².